The molecule has 0 radical (unpaired) electrons. The highest BCUT2D eigenvalue weighted by molar-refractivity contribution is 6.05. The van der Waals surface area contributed by atoms with E-state index in [-0.39, 0.29) is 5.91 Å². The predicted molar refractivity (Wildman–Crippen MR) is 108 cm³/mol. The fourth-order valence-electron chi connectivity index (χ4n) is 3.90. The van der Waals surface area contributed by atoms with Crippen molar-refractivity contribution in [1.82, 2.24) is 9.88 Å². The quantitative estimate of drug-likeness (QED) is 0.627. The second-order valence-corrected chi connectivity index (χ2v) is 7.16. The van der Waals surface area contributed by atoms with E-state index in [9.17, 15) is 14.7 Å². The topological polar surface area (TPSA) is 85.4 Å². The second-order valence-electron chi connectivity index (χ2n) is 7.16. The number of rotatable bonds is 5. The summed E-state index contributed by atoms with van der Waals surface area (Å²) in [6, 6.07) is 13.9. The monoisotopic (exact) mass is 377 g/mol. The Hall–Kier alpha value is -3.12. The Morgan fingerprint density at radius 1 is 1.04 bits per heavy atom. The first-order chi connectivity index (χ1) is 13.6. The molecule has 1 fully saturated rings. The Morgan fingerprint density at radius 2 is 1.79 bits per heavy atom. The van der Waals surface area contributed by atoms with Crippen LogP contribution in [0.2, 0.25) is 0 Å². The van der Waals surface area contributed by atoms with E-state index in [0.717, 1.165) is 48.8 Å². The van der Waals surface area contributed by atoms with Crippen molar-refractivity contribution in [3.05, 3.63) is 65.9 Å². The number of carbonyl (C=O) groups excluding carboxylic acids is 1. The number of likely N-dealkylation sites (tertiary alicyclic amines) is 1. The van der Waals surface area contributed by atoms with Crippen molar-refractivity contribution in [3.8, 4) is 0 Å². The van der Waals surface area contributed by atoms with E-state index in [2.05, 4.69) is 10.3 Å². The first-order valence-corrected chi connectivity index (χ1v) is 9.58. The maximum atomic E-state index is 12.4. The molecule has 1 atom stereocenters. The number of aromatic amines is 1. The van der Waals surface area contributed by atoms with Gasteiger partial charge in [0.05, 0.1) is 0 Å². The molecule has 4 rings (SSSR count). The Bertz CT molecular complexity index is 991. The molecule has 1 amide bonds. The van der Waals surface area contributed by atoms with Gasteiger partial charge in [0.2, 0.25) is 0 Å². The zero-order valence-electron chi connectivity index (χ0n) is 15.5. The van der Waals surface area contributed by atoms with Gasteiger partial charge in [0.25, 0.3) is 5.91 Å². The van der Waals surface area contributed by atoms with Crippen molar-refractivity contribution in [3.63, 3.8) is 0 Å². The third kappa shape index (κ3) is 3.64. The van der Waals surface area contributed by atoms with E-state index in [4.69, 9.17) is 0 Å². The first kappa shape index (κ1) is 18.3. The lowest BCUT2D eigenvalue weighted by molar-refractivity contribution is -0.144. The smallest absolute Gasteiger partial charge is 0.325 e. The molecule has 0 spiro atoms. The molecule has 0 unspecified atom stereocenters. The first-order valence-electron chi connectivity index (χ1n) is 9.58. The molecule has 1 aromatic heterocycles. The van der Waals surface area contributed by atoms with Gasteiger partial charge in [-0.05, 0) is 56.3 Å². The van der Waals surface area contributed by atoms with Crippen LogP contribution in [0.5, 0.6) is 0 Å². The average molecular weight is 377 g/mol. The number of aromatic nitrogens is 1. The molecule has 3 aromatic rings. The minimum Gasteiger partial charge on any atom is -0.480 e. The Morgan fingerprint density at radius 3 is 2.50 bits per heavy atom. The third-order valence-electron chi connectivity index (χ3n) is 5.29. The number of piperidine rings is 1. The maximum absolute atomic E-state index is 12.4. The van der Waals surface area contributed by atoms with Crippen molar-refractivity contribution in [2.75, 3.05) is 18.4 Å². The van der Waals surface area contributed by atoms with Gasteiger partial charge in [-0.15, -0.1) is 0 Å². The van der Waals surface area contributed by atoms with Gasteiger partial charge >= 0.3 is 5.97 Å². The van der Waals surface area contributed by atoms with Gasteiger partial charge in [0.1, 0.15) is 6.04 Å². The summed E-state index contributed by atoms with van der Waals surface area (Å²) in [5.41, 5.74) is 2.81. The van der Waals surface area contributed by atoms with Crippen LogP contribution in [0.15, 0.2) is 54.7 Å². The molecular formula is C22H23N3O3. The van der Waals surface area contributed by atoms with Gasteiger partial charge in [0, 0.05) is 33.9 Å². The molecule has 2 aromatic carbocycles. The van der Waals surface area contributed by atoms with E-state index >= 15 is 0 Å². The lowest BCUT2D eigenvalue weighted by Crippen LogP contribution is -2.37. The van der Waals surface area contributed by atoms with E-state index in [1.165, 1.54) is 0 Å². The van der Waals surface area contributed by atoms with E-state index in [1.807, 2.05) is 41.3 Å². The second kappa shape index (κ2) is 7.86. The largest absolute Gasteiger partial charge is 0.480 e. The van der Waals surface area contributed by atoms with Gasteiger partial charge in [-0.1, -0.05) is 24.6 Å². The minimum absolute atomic E-state index is 0.192. The Kier molecular flexibility index (Phi) is 5.12. The van der Waals surface area contributed by atoms with Crippen LogP contribution >= 0.6 is 0 Å². The summed E-state index contributed by atoms with van der Waals surface area (Å²) in [6.07, 6.45) is 4.96. The van der Waals surface area contributed by atoms with Gasteiger partial charge in [-0.2, -0.15) is 0 Å². The molecule has 0 saturated carbocycles. The SMILES string of the molecule is O=C(Nc1ccc2[nH]cc([C@H](C(=O)O)N3CCCCC3)c2c1)c1ccccc1. The molecule has 0 bridgehead atoms. The highest BCUT2D eigenvalue weighted by Gasteiger charge is 2.30. The Labute approximate surface area is 163 Å². The lowest BCUT2D eigenvalue weighted by atomic mass is 10.0. The van der Waals surface area contributed by atoms with Crippen LogP contribution in [-0.4, -0.2) is 40.0 Å². The van der Waals surface area contributed by atoms with Gasteiger partial charge < -0.3 is 15.4 Å². The zero-order valence-corrected chi connectivity index (χ0v) is 15.5. The molecule has 6 heteroatoms. The summed E-state index contributed by atoms with van der Waals surface area (Å²) >= 11 is 0. The zero-order chi connectivity index (χ0) is 19.5. The molecule has 6 nitrogen and oxygen atoms in total. The molecule has 1 aliphatic heterocycles. The normalized spacial score (nSPS) is 16.0. The number of carboxylic acid groups (broad SMARTS) is 1. The van der Waals surface area contributed by atoms with Crippen molar-refractivity contribution in [1.29, 1.82) is 0 Å². The van der Waals surface area contributed by atoms with Gasteiger partial charge in [-0.3, -0.25) is 14.5 Å². The summed E-state index contributed by atoms with van der Waals surface area (Å²) in [6.45, 7) is 1.57. The van der Waals surface area contributed by atoms with E-state index in [0.29, 0.717) is 11.3 Å². The third-order valence-corrected chi connectivity index (χ3v) is 5.29. The van der Waals surface area contributed by atoms with Crippen LogP contribution in [0.3, 0.4) is 0 Å². The van der Waals surface area contributed by atoms with Crippen LogP contribution < -0.4 is 5.32 Å². The van der Waals surface area contributed by atoms with Crippen LogP contribution in [0.25, 0.3) is 10.9 Å². The number of fused-ring (bicyclic) bond motifs is 1. The minimum atomic E-state index is -0.846. The number of nitrogens with zero attached hydrogens (tertiary/aromatic N) is 1. The summed E-state index contributed by atoms with van der Waals surface area (Å²) in [5.74, 6) is -1.04. The molecule has 3 N–H and O–H groups in total. The number of benzene rings is 2. The lowest BCUT2D eigenvalue weighted by Gasteiger charge is -2.31. The van der Waals surface area contributed by atoms with Gasteiger partial charge in [-0.25, -0.2) is 0 Å². The summed E-state index contributed by atoms with van der Waals surface area (Å²) in [7, 11) is 0. The number of H-pyrrole nitrogens is 1. The fraction of sp³-hybridized carbons (Fsp3) is 0.273. The molecule has 0 aliphatic carbocycles. The van der Waals surface area contributed by atoms with Crippen molar-refractivity contribution >= 4 is 28.5 Å². The van der Waals surface area contributed by atoms with Gasteiger partial charge in [0.15, 0.2) is 0 Å². The molecule has 1 aliphatic rings. The van der Waals surface area contributed by atoms with Crippen molar-refractivity contribution < 1.29 is 14.7 Å². The number of nitrogens with one attached hydrogen (secondary N) is 2. The summed E-state index contributed by atoms with van der Waals surface area (Å²) < 4.78 is 0. The number of hydrogen-bond acceptors (Lipinski definition) is 3. The average Bonchev–Trinajstić information content (AvgIpc) is 3.12. The van der Waals surface area contributed by atoms with Crippen molar-refractivity contribution in [2.45, 2.75) is 25.3 Å². The highest BCUT2D eigenvalue weighted by Crippen LogP contribution is 2.32. The van der Waals surface area contributed by atoms with Crippen LogP contribution in [0, 0.1) is 0 Å². The number of carboxylic acids is 1. The maximum Gasteiger partial charge on any atom is 0.325 e. The van der Waals surface area contributed by atoms with Crippen LogP contribution in [0.4, 0.5) is 5.69 Å². The van der Waals surface area contributed by atoms with Crippen molar-refractivity contribution in [2.24, 2.45) is 0 Å². The molecule has 1 saturated heterocycles. The fourth-order valence-corrected chi connectivity index (χ4v) is 3.90. The number of aliphatic carboxylic acids is 1. The number of amides is 1. The van der Waals surface area contributed by atoms with E-state index < -0.39 is 12.0 Å². The van der Waals surface area contributed by atoms with Crippen LogP contribution in [-0.2, 0) is 4.79 Å². The molecule has 2 heterocycles. The molecule has 144 valence electrons. The van der Waals surface area contributed by atoms with Crippen LogP contribution in [0.1, 0.15) is 41.2 Å². The molecular weight excluding hydrogens is 354 g/mol. The number of hydrogen-bond donors (Lipinski definition) is 3. The number of carbonyl (C=O) groups is 2. The van der Waals surface area contributed by atoms with E-state index in [1.54, 1.807) is 18.3 Å². The standard InChI is InChI=1S/C22H23N3O3/c26-21(15-7-3-1-4-8-15)24-16-9-10-19-17(13-16)18(14-23-19)20(22(27)28)25-11-5-2-6-12-25/h1,3-4,7-10,13-14,20,23H,2,5-6,11-12H2,(H,24,26)(H,27,28)/t20-/m1/s1. The summed E-state index contributed by atoms with van der Waals surface area (Å²) in [4.78, 5) is 29.7. The number of anilines is 1. The highest BCUT2D eigenvalue weighted by atomic mass is 16.4. The Balaban J connectivity index is 1.65. The molecule has 28 heavy (non-hydrogen) atoms. The predicted octanol–water partition coefficient (Wildman–Crippen LogP) is 4.03. The summed E-state index contributed by atoms with van der Waals surface area (Å²) in [5, 5.41) is 13.6.